The van der Waals surface area contributed by atoms with Crippen LogP contribution >= 0.6 is 0 Å². The minimum Gasteiger partial charge on any atom is -0.492 e. The predicted octanol–water partition coefficient (Wildman–Crippen LogP) is 0.634. The molecule has 18 heavy (non-hydrogen) atoms. The van der Waals surface area contributed by atoms with E-state index in [-0.39, 0.29) is 6.01 Å². The quantitative estimate of drug-likeness (QED) is 0.853. The van der Waals surface area contributed by atoms with Crippen LogP contribution in [0.2, 0.25) is 0 Å². The Morgan fingerprint density at radius 1 is 1.33 bits per heavy atom. The summed E-state index contributed by atoms with van der Waals surface area (Å²) in [6.45, 7) is 2.41. The van der Waals surface area contributed by atoms with Gasteiger partial charge >= 0.3 is 11.7 Å². The zero-order chi connectivity index (χ0) is 13.0. The third-order valence-electron chi connectivity index (χ3n) is 2.11. The lowest BCUT2D eigenvalue weighted by Crippen LogP contribution is -2.14. The lowest BCUT2D eigenvalue weighted by Gasteiger charge is -2.05. The minimum atomic E-state index is -0.529. The molecule has 2 rings (SSSR count). The van der Waals surface area contributed by atoms with Gasteiger partial charge in [0.15, 0.2) is 0 Å². The van der Waals surface area contributed by atoms with Crippen molar-refractivity contribution in [2.45, 2.75) is 6.92 Å². The van der Waals surface area contributed by atoms with Gasteiger partial charge in [-0.3, -0.25) is 9.97 Å². The summed E-state index contributed by atoms with van der Waals surface area (Å²) in [5.41, 5.74) is 0.0948. The molecule has 0 bridgehead atoms. The zero-order valence-electron chi connectivity index (χ0n) is 10.0. The minimum absolute atomic E-state index is 0.00978. The molecule has 0 saturated heterocycles. The Balaban J connectivity index is 2.44. The van der Waals surface area contributed by atoms with Crippen molar-refractivity contribution in [3.05, 3.63) is 28.9 Å². The fraction of sp³-hybridized carbons (Fsp3) is 0.273. The van der Waals surface area contributed by atoms with Gasteiger partial charge in [-0.2, -0.15) is 4.98 Å². The highest BCUT2D eigenvalue weighted by atomic mass is 16.5. The van der Waals surface area contributed by atoms with Crippen LogP contribution in [0.15, 0.2) is 23.3 Å². The molecule has 0 aliphatic rings. The molecule has 2 heterocycles. The second-order valence-electron chi connectivity index (χ2n) is 3.33. The maximum atomic E-state index is 11.3. The Morgan fingerprint density at radius 3 is 2.89 bits per heavy atom. The number of ether oxygens (including phenoxy) is 2. The van der Waals surface area contributed by atoms with Crippen molar-refractivity contribution in [3.8, 4) is 23.1 Å². The molecule has 0 unspecified atom stereocenters. The number of aromatic nitrogens is 4. The molecule has 94 valence electrons. The lowest BCUT2D eigenvalue weighted by atomic mass is 10.2. The highest BCUT2D eigenvalue weighted by Gasteiger charge is 2.07. The average Bonchev–Trinajstić information content (AvgIpc) is 2.39. The Morgan fingerprint density at radius 2 is 2.17 bits per heavy atom. The van der Waals surface area contributed by atoms with Crippen LogP contribution in [-0.4, -0.2) is 33.7 Å². The van der Waals surface area contributed by atoms with Crippen molar-refractivity contribution in [1.82, 2.24) is 19.9 Å². The van der Waals surface area contributed by atoms with Gasteiger partial charge in [-0.25, -0.2) is 4.79 Å². The molecule has 7 nitrogen and oxygen atoms in total. The summed E-state index contributed by atoms with van der Waals surface area (Å²) < 4.78 is 10.2. The van der Waals surface area contributed by atoms with Gasteiger partial charge < -0.3 is 9.47 Å². The van der Waals surface area contributed by atoms with E-state index in [9.17, 15) is 4.79 Å². The predicted molar refractivity (Wildman–Crippen MR) is 63.6 cm³/mol. The first kappa shape index (κ1) is 12.0. The summed E-state index contributed by atoms with van der Waals surface area (Å²) in [5.74, 6) is 0.939. The molecule has 0 fully saturated rings. The van der Waals surface area contributed by atoms with Crippen LogP contribution in [0.4, 0.5) is 0 Å². The van der Waals surface area contributed by atoms with E-state index in [4.69, 9.17) is 9.47 Å². The van der Waals surface area contributed by atoms with Crippen LogP contribution in [0.1, 0.15) is 6.92 Å². The number of methoxy groups -OCH3 is 1. The topological polar surface area (TPSA) is 90.0 Å². The number of aromatic amines is 1. The second-order valence-corrected chi connectivity index (χ2v) is 3.33. The number of H-pyrrole nitrogens is 1. The van der Waals surface area contributed by atoms with Crippen molar-refractivity contribution < 1.29 is 9.47 Å². The fourth-order valence-corrected chi connectivity index (χ4v) is 1.39. The van der Waals surface area contributed by atoms with Crippen molar-refractivity contribution in [3.63, 3.8) is 0 Å². The van der Waals surface area contributed by atoms with Crippen LogP contribution < -0.4 is 15.2 Å². The molecule has 0 spiro atoms. The van der Waals surface area contributed by atoms with Gasteiger partial charge in [0.05, 0.1) is 19.9 Å². The molecular weight excluding hydrogens is 236 g/mol. The molecule has 2 aromatic rings. The number of nitrogens with zero attached hydrogens (tertiary/aromatic N) is 3. The van der Waals surface area contributed by atoms with Crippen molar-refractivity contribution in [2.75, 3.05) is 13.7 Å². The van der Waals surface area contributed by atoms with E-state index in [2.05, 4.69) is 19.9 Å². The summed E-state index contributed by atoms with van der Waals surface area (Å²) >= 11 is 0. The van der Waals surface area contributed by atoms with Crippen molar-refractivity contribution >= 4 is 0 Å². The third-order valence-corrected chi connectivity index (χ3v) is 2.11. The Labute approximate surface area is 103 Å². The molecule has 2 aromatic heterocycles. The molecule has 0 radical (unpaired) electrons. The van der Waals surface area contributed by atoms with Gasteiger partial charge in [-0.1, -0.05) is 0 Å². The smallest absolute Gasteiger partial charge is 0.351 e. The van der Waals surface area contributed by atoms with E-state index in [0.717, 1.165) is 0 Å². The van der Waals surface area contributed by atoms with E-state index in [0.29, 0.717) is 23.7 Å². The first-order chi connectivity index (χ1) is 8.72. The Bertz CT molecular complexity index is 597. The fourth-order valence-electron chi connectivity index (χ4n) is 1.39. The van der Waals surface area contributed by atoms with Gasteiger partial charge in [-0.15, -0.1) is 4.98 Å². The molecule has 7 heteroatoms. The first-order valence-electron chi connectivity index (χ1n) is 5.33. The average molecular weight is 248 g/mol. The number of rotatable bonds is 4. The summed E-state index contributed by atoms with van der Waals surface area (Å²) in [6, 6.07) is 1.74. The third kappa shape index (κ3) is 2.62. The van der Waals surface area contributed by atoms with Crippen molar-refractivity contribution in [1.29, 1.82) is 0 Å². The van der Waals surface area contributed by atoms with E-state index in [1.165, 1.54) is 7.11 Å². The molecule has 0 saturated carbocycles. The van der Waals surface area contributed by atoms with E-state index < -0.39 is 5.69 Å². The maximum Gasteiger partial charge on any atom is 0.351 e. The van der Waals surface area contributed by atoms with Gasteiger partial charge in [-0.05, 0) is 13.0 Å². The van der Waals surface area contributed by atoms with Crippen LogP contribution in [0.25, 0.3) is 11.4 Å². The molecule has 0 aromatic carbocycles. The number of nitrogens with one attached hydrogen (secondary N) is 1. The van der Waals surface area contributed by atoms with E-state index in [1.54, 1.807) is 18.5 Å². The standard InChI is InChI=1S/C11H12N4O3/c1-3-18-8-4-7(5-12-6-8)9-13-10(16)15-11(14-9)17-2/h4-6H,3H2,1-2H3,(H,13,14,15,16). The first-order valence-corrected chi connectivity index (χ1v) is 5.33. The summed E-state index contributed by atoms with van der Waals surface area (Å²) in [7, 11) is 1.40. The van der Waals surface area contributed by atoms with Gasteiger partial charge in [0.1, 0.15) is 11.6 Å². The maximum absolute atomic E-state index is 11.3. The van der Waals surface area contributed by atoms with Gasteiger partial charge in [0, 0.05) is 11.8 Å². The molecule has 1 N–H and O–H groups in total. The van der Waals surface area contributed by atoms with Crippen molar-refractivity contribution in [2.24, 2.45) is 0 Å². The number of hydrogen-bond donors (Lipinski definition) is 1. The van der Waals surface area contributed by atoms with Crippen LogP contribution in [0.3, 0.4) is 0 Å². The molecule has 0 atom stereocenters. The highest BCUT2D eigenvalue weighted by molar-refractivity contribution is 5.55. The summed E-state index contributed by atoms with van der Waals surface area (Å²) in [6.07, 6.45) is 3.16. The monoisotopic (exact) mass is 248 g/mol. The zero-order valence-corrected chi connectivity index (χ0v) is 10.0. The van der Waals surface area contributed by atoms with Crippen LogP contribution in [0.5, 0.6) is 11.8 Å². The number of pyridine rings is 1. The second kappa shape index (κ2) is 5.26. The SMILES string of the molecule is CCOc1cncc(-c2nc(OC)nc(=O)[nH]2)c1. The Hall–Kier alpha value is -2.44. The van der Waals surface area contributed by atoms with E-state index >= 15 is 0 Å². The van der Waals surface area contributed by atoms with E-state index in [1.807, 2.05) is 6.92 Å². The van der Waals surface area contributed by atoms with Crippen LogP contribution in [0, 0.1) is 0 Å². The van der Waals surface area contributed by atoms with Gasteiger partial charge in [0.25, 0.3) is 0 Å². The lowest BCUT2D eigenvalue weighted by molar-refractivity contribution is 0.339. The molecule has 0 amide bonds. The summed E-state index contributed by atoms with van der Waals surface area (Å²) in [4.78, 5) is 25.4. The normalized spacial score (nSPS) is 10.1. The summed E-state index contributed by atoms with van der Waals surface area (Å²) in [5, 5.41) is 0. The highest BCUT2D eigenvalue weighted by Crippen LogP contribution is 2.19. The van der Waals surface area contributed by atoms with Gasteiger partial charge in [0.2, 0.25) is 0 Å². The number of hydrogen-bond acceptors (Lipinski definition) is 6. The molecule has 0 aliphatic carbocycles. The van der Waals surface area contributed by atoms with Crippen LogP contribution in [-0.2, 0) is 0 Å². The Kier molecular flexibility index (Phi) is 3.52. The molecular formula is C11H12N4O3. The molecule has 0 aliphatic heterocycles. The largest absolute Gasteiger partial charge is 0.492 e.